The molecule has 2 aromatic rings. The Morgan fingerprint density at radius 3 is 2.54 bits per heavy atom. The minimum atomic E-state index is -2.07. The average Bonchev–Trinajstić information content (AvgIpc) is 2.83. The molecule has 0 aliphatic rings. The topological polar surface area (TPSA) is 130 Å². The maximum absolute atomic E-state index is 9.83. The molecule has 2 rings (SSSR count). The fourth-order valence-corrected chi connectivity index (χ4v) is 1.96. The van der Waals surface area contributed by atoms with Crippen molar-refractivity contribution < 1.29 is 29.8 Å². The summed E-state index contributed by atoms with van der Waals surface area (Å²) in [5.74, 6) is -3.82. The summed E-state index contributed by atoms with van der Waals surface area (Å²) in [5, 5.41) is 27.2. The molecule has 24 heavy (non-hydrogen) atoms. The summed E-state index contributed by atoms with van der Waals surface area (Å²) in [6, 6.07) is 7.83. The van der Waals surface area contributed by atoms with Gasteiger partial charge in [-0.05, 0) is 6.07 Å². The van der Waals surface area contributed by atoms with Gasteiger partial charge in [0.05, 0.1) is 26.2 Å². The Labute approximate surface area is 139 Å². The van der Waals surface area contributed by atoms with E-state index >= 15 is 0 Å². The Bertz CT molecular complexity index is 710. The first-order valence-electron chi connectivity index (χ1n) is 7.35. The van der Waals surface area contributed by atoms with Crippen molar-refractivity contribution in [2.75, 3.05) is 27.2 Å². The van der Waals surface area contributed by atoms with Gasteiger partial charge in [0.1, 0.15) is 0 Å². The van der Waals surface area contributed by atoms with Crippen LogP contribution in [0.1, 0.15) is 12.0 Å². The number of fused-ring (bicyclic) bond motifs is 1. The van der Waals surface area contributed by atoms with Crippen molar-refractivity contribution in [2.45, 2.75) is 6.42 Å². The molecule has 0 aliphatic carbocycles. The summed E-state index contributed by atoms with van der Waals surface area (Å²) in [5.41, 5.74) is 1.72. The number of H-pyrrole nitrogens is 1. The van der Waals surface area contributed by atoms with Gasteiger partial charge in [-0.15, -0.1) is 0 Å². The molecule has 0 spiro atoms. The third kappa shape index (κ3) is 6.09. The number of para-hydroxylation sites is 1. The average molecular weight is 335 g/mol. The third-order valence-electron chi connectivity index (χ3n) is 3.08. The smallest absolute Gasteiger partial charge is 0.351 e. The first-order chi connectivity index (χ1) is 11.3. The van der Waals surface area contributed by atoms with Crippen LogP contribution in [0.5, 0.6) is 5.88 Å². The molecule has 4 N–H and O–H groups in total. The lowest BCUT2D eigenvalue weighted by Crippen LogP contribution is -3.05. The molecule has 0 saturated carbocycles. The number of aromatic amines is 1. The normalized spacial score (nSPS) is 10.8. The van der Waals surface area contributed by atoms with Crippen LogP contribution in [0.2, 0.25) is 0 Å². The zero-order valence-electron chi connectivity index (χ0n) is 13.6. The van der Waals surface area contributed by atoms with Crippen LogP contribution in [0.15, 0.2) is 29.3 Å². The van der Waals surface area contributed by atoms with Gasteiger partial charge in [0.15, 0.2) is 11.8 Å². The molecule has 130 valence electrons. The lowest BCUT2D eigenvalue weighted by Gasteiger charge is -2.04. The summed E-state index contributed by atoms with van der Waals surface area (Å²) in [4.78, 5) is 26.8. The quantitative estimate of drug-likeness (QED) is 0.305. The van der Waals surface area contributed by atoms with E-state index in [1.807, 2.05) is 24.3 Å². The Balaban J connectivity index is 0.000000413. The number of carbonyl (C=O) groups is 2. The van der Waals surface area contributed by atoms with E-state index in [2.05, 4.69) is 24.1 Å². The van der Waals surface area contributed by atoms with Crippen LogP contribution in [0.25, 0.3) is 10.9 Å². The molecule has 8 heteroatoms. The molecule has 0 unspecified atom stereocenters. The van der Waals surface area contributed by atoms with E-state index in [-0.39, 0.29) is 5.88 Å². The molecule has 0 saturated heterocycles. The maximum atomic E-state index is 9.83. The number of aliphatic imine (C=N–C) groups is 1. The van der Waals surface area contributed by atoms with E-state index in [1.54, 1.807) is 6.21 Å². The van der Waals surface area contributed by atoms with Crippen molar-refractivity contribution in [1.29, 1.82) is 0 Å². The molecule has 1 heterocycles. The van der Waals surface area contributed by atoms with Gasteiger partial charge in [-0.2, -0.15) is 0 Å². The number of rotatable bonds is 5. The largest absolute Gasteiger partial charge is 0.539 e. The molecule has 0 bridgehead atoms. The molecular formula is C16H21N3O5. The van der Waals surface area contributed by atoms with Crippen molar-refractivity contribution >= 4 is 29.1 Å². The molecule has 0 atom stereocenters. The fraction of sp³-hybridized carbons (Fsp3) is 0.312. The van der Waals surface area contributed by atoms with Gasteiger partial charge in [0, 0.05) is 30.1 Å². The van der Waals surface area contributed by atoms with Crippen LogP contribution >= 0.6 is 0 Å². The number of carboxylic acids is 2. The van der Waals surface area contributed by atoms with Gasteiger partial charge in [-0.1, -0.05) is 18.2 Å². The summed E-state index contributed by atoms with van der Waals surface area (Å²) >= 11 is 0. The molecule has 1 aromatic heterocycles. The fourth-order valence-electron chi connectivity index (χ4n) is 1.96. The van der Waals surface area contributed by atoms with Crippen LogP contribution in [-0.4, -0.2) is 60.5 Å². The number of quaternary nitrogens is 1. The number of hydrogen-bond donors (Lipinski definition) is 4. The molecular weight excluding hydrogens is 314 g/mol. The van der Waals surface area contributed by atoms with Gasteiger partial charge in [-0.3, -0.25) is 4.99 Å². The number of hydrogen-bond acceptors (Lipinski definition) is 5. The number of nitrogens with one attached hydrogen (secondary N) is 2. The monoisotopic (exact) mass is 335 g/mol. The van der Waals surface area contributed by atoms with E-state index in [1.165, 1.54) is 4.90 Å². The number of aromatic hydroxyl groups is 1. The number of carboxylic acid groups (broad SMARTS) is 2. The lowest BCUT2D eigenvalue weighted by atomic mass is 10.2. The van der Waals surface area contributed by atoms with Crippen LogP contribution in [0, 0.1) is 0 Å². The second-order valence-electron chi connectivity index (χ2n) is 5.37. The predicted molar refractivity (Wildman–Crippen MR) is 87.4 cm³/mol. The SMILES string of the molecule is C[NH+](C)CCCN=Cc1c(O)[nH]c2ccccc12.O=C([O-])C(=O)O. The van der Waals surface area contributed by atoms with Crippen LogP contribution in [0.4, 0.5) is 0 Å². The molecule has 0 radical (unpaired) electrons. The van der Waals surface area contributed by atoms with E-state index in [0.29, 0.717) is 0 Å². The summed E-state index contributed by atoms with van der Waals surface area (Å²) in [7, 11) is 4.27. The molecule has 1 aromatic carbocycles. The lowest BCUT2D eigenvalue weighted by molar-refractivity contribution is -0.858. The second kappa shape index (κ2) is 9.31. The van der Waals surface area contributed by atoms with E-state index in [9.17, 15) is 5.11 Å². The maximum Gasteiger partial charge on any atom is 0.351 e. The van der Waals surface area contributed by atoms with Gasteiger partial charge in [0.2, 0.25) is 0 Å². The van der Waals surface area contributed by atoms with Gasteiger partial charge in [-0.25, -0.2) is 4.79 Å². The first-order valence-corrected chi connectivity index (χ1v) is 7.35. The number of benzene rings is 1. The minimum Gasteiger partial charge on any atom is -0.539 e. The highest BCUT2D eigenvalue weighted by atomic mass is 16.4. The van der Waals surface area contributed by atoms with E-state index in [0.717, 1.165) is 36.0 Å². The third-order valence-corrected chi connectivity index (χ3v) is 3.08. The molecule has 0 amide bonds. The van der Waals surface area contributed by atoms with Gasteiger partial charge >= 0.3 is 5.97 Å². The van der Waals surface area contributed by atoms with Crippen molar-refractivity contribution in [3.8, 4) is 5.88 Å². The number of aromatic nitrogens is 1. The van der Waals surface area contributed by atoms with Crippen LogP contribution < -0.4 is 10.0 Å². The standard InChI is InChI=1S/C14H19N3O.C2H2O4/c1-17(2)9-5-8-15-10-12-11-6-3-4-7-13(11)16-14(12)18;3-1(4)2(5)6/h3-4,6-7,10,16,18H,5,8-9H2,1-2H3;(H,3,4)(H,5,6). The van der Waals surface area contributed by atoms with Crippen molar-refractivity contribution in [3.63, 3.8) is 0 Å². The first kappa shape index (κ1) is 19.2. The second-order valence-corrected chi connectivity index (χ2v) is 5.37. The molecule has 0 aliphatic heterocycles. The Morgan fingerprint density at radius 1 is 1.33 bits per heavy atom. The zero-order valence-corrected chi connectivity index (χ0v) is 13.6. The Morgan fingerprint density at radius 2 is 1.96 bits per heavy atom. The number of carbonyl (C=O) groups excluding carboxylic acids is 1. The van der Waals surface area contributed by atoms with Gasteiger partial charge < -0.3 is 30.0 Å². The molecule has 0 fully saturated rings. The highest BCUT2D eigenvalue weighted by Gasteiger charge is 2.07. The summed E-state index contributed by atoms with van der Waals surface area (Å²) < 4.78 is 0. The minimum absolute atomic E-state index is 0.193. The van der Waals surface area contributed by atoms with Gasteiger partial charge in [0.25, 0.3) is 0 Å². The summed E-state index contributed by atoms with van der Waals surface area (Å²) in [6.07, 6.45) is 2.82. The highest BCUT2D eigenvalue weighted by Crippen LogP contribution is 2.24. The molecule has 8 nitrogen and oxygen atoms in total. The van der Waals surface area contributed by atoms with E-state index < -0.39 is 11.9 Å². The van der Waals surface area contributed by atoms with Crippen molar-refractivity contribution in [3.05, 3.63) is 29.8 Å². The predicted octanol–water partition coefficient (Wildman–Crippen LogP) is -1.35. The van der Waals surface area contributed by atoms with Crippen LogP contribution in [0.3, 0.4) is 0 Å². The van der Waals surface area contributed by atoms with Crippen molar-refractivity contribution in [2.24, 2.45) is 4.99 Å². The number of nitrogens with zero attached hydrogens (tertiary/aromatic N) is 1. The highest BCUT2D eigenvalue weighted by molar-refractivity contribution is 6.26. The van der Waals surface area contributed by atoms with E-state index in [4.69, 9.17) is 19.8 Å². The Hall–Kier alpha value is -2.87. The Kier molecular flexibility index (Phi) is 7.44. The number of aliphatic carboxylic acids is 2. The van der Waals surface area contributed by atoms with Crippen LogP contribution in [-0.2, 0) is 9.59 Å². The zero-order chi connectivity index (χ0) is 18.1. The summed E-state index contributed by atoms with van der Waals surface area (Å²) in [6.45, 7) is 1.90. The van der Waals surface area contributed by atoms with Crippen molar-refractivity contribution in [1.82, 2.24) is 4.98 Å².